The molecule has 0 spiro atoms. The zero-order valence-corrected chi connectivity index (χ0v) is 12.2. The smallest absolute Gasteiger partial charge is 0.178 e. The molecule has 0 bridgehead atoms. The molecule has 0 saturated carbocycles. The van der Waals surface area contributed by atoms with Crippen molar-refractivity contribution in [1.29, 1.82) is 0 Å². The summed E-state index contributed by atoms with van der Waals surface area (Å²) in [4.78, 5) is 2.14. The first kappa shape index (κ1) is 15.1. The maximum atomic E-state index is 10.0. The number of likely N-dealkylation sites (tertiary alicyclic amines) is 1. The van der Waals surface area contributed by atoms with Gasteiger partial charge in [-0.2, -0.15) is 0 Å². The minimum Gasteiger partial charge on any atom is -0.493 e. The molecule has 1 saturated heterocycles. The molecule has 5 heteroatoms. The molecule has 1 heterocycles. The summed E-state index contributed by atoms with van der Waals surface area (Å²) in [5.41, 5.74) is 5.92. The molecule has 0 aliphatic carbocycles. The number of nitrogens with two attached hydrogens (primary N) is 1. The van der Waals surface area contributed by atoms with Gasteiger partial charge in [-0.05, 0) is 31.9 Å². The molecular formula is C15H24N2O3. The molecule has 1 aliphatic rings. The highest BCUT2D eigenvalue weighted by Gasteiger charge is 2.29. The first-order valence-corrected chi connectivity index (χ1v) is 7.09. The Labute approximate surface area is 120 Å². The fourth-order valence-corrected chi connectivity index (χ4v) is 2.50. The Bertz CT molecular complexity index is 417. The third kappa shape index (κ3) is 3.62. The van der Waals surface area contributed by atoms with E-state index in [0.29, 0.717) is 11.5 Å². The number of piperidine rings is 1. The predicted molar refractivity (Wildman–Crippen MR) is 77.9 cm³/mol. The number of benzene rings is 1. The van der Waals surface area contributed by atoms with Gasteiger partial charge in [-0.15, -0.1) is 0 Å². The zero-order chi connectivity index (χ0) is 14.5. The van der Waals surface area contributed by atoms with Crippen molar-refractivity contribution in [3.8, 4) is 11.5 Å². The fourth-order valence-electron chi connectivity index (χ4n) is 2.50. The highest BCUT2D eigenvalue weighted by Crippen LogP contribution is 2.28. The van der Waals surface area contributed by atoms with Crippen LogP contribution in [-0.2, 0) is 0 Å². The van der Waals surface area contributed by atoms with Gasteiger partial charge in [0.2, 0.25) is 0 Å². The minimum absolute atomic E-state index is 0.257. The Hall–Kier alpha value is -1.30. The van der Waals surface area contributed by atoms with E-state index < -0.39 is 6.10 Å². The number of hydrogen-bond donors (Lipinski definition) is 2. The molecule has 1 aliphatic heterocycles. The molecule has 20 heavy (non-hydrogen) atoms. The highest BCUT2D eigenvalue weighted by atomic mass is 16.5. The maximum Gasteiger partial charge on any atom is 0.178 e. The molecule has 2 unspecified atom stereocenters. The molecule has 0 amide bonds. The largest absolute Gasteiger partial charge is 0.493 e. The quantitative estimate of drug-likeness (QED) is 0.848. The number of nitrogens with zero attached hydrogens (tertiary/aromatic N) is 1. The van der Waals surface area contributed by atoms with Gasteiger partial charge in [0.1, 0.15) is 6.10 Å². The van der Waals surface area contributed by atoms with Gasteiger partial charge in [-0.25, -0.2) is 0 Å². The number of hydrogen-bond acceptors (Lipinski definition) is 5. The summed E-state index contributed by atoms with van der Waals surface area (Å²) in [6.07, 6.45) is 0.893. The maximum absolute atomic E-state index is 10.0. The molecule has 0 radical (unpaired) electrons. The molecule has 3 N–H and O–H groups in total. The molecule has 1 fully saturated rings. The number of ether oxygens (including phenoxy) is 2. The normalized spacial score (nSPS) is 20.4. The third-order valence-corrected chi connectivity index (χ3v) is 3.66. The van der Waals surface area contributed by atoms with Crippen LogP contribution in [0.5, 0.6) is 11.5 Å². The van der Waals surface area contributed by atoms with Crippen molar-refractivity contribution in [2.24, 2.45) is 5.73 Å². The lowest BCUT2D eigenvalue weighted by Crippen LogP contribution is -2.51. The summed E-state index contributed by atoms with van der Waals surface area (Å²) < 4.78 is 11.3. The lowest BCUT2D eigenvalue weighted by atomic mass is 10.1. The second kappa shape index (κ2) is 6.92. The lowest BCUT2D eigenvalue weighted by Gasteiger charge is -2.37. The molecule has 2 atom stereocenters. The van der Waals surface area contributed by atoms with Crippen LogP contribution in [0.15, 0.2) is 24.3 Å². The van der Waals surface area contributed by atoms with Crippen LogP contribution in [0.4, 0.5) is 0 Å². The van der Waals surface area contributed by atoms with Crippen LogP contribution in [0.3, 0.4) is 0 Å². The molecule has 5 nitrogen and oxygen atoms in total. The number of rotatable bonds is 5. The minimum atomic E-state index is -0.589. The Morgan fingerprint density at radius 1 is 1.25 bits per heavy atom. The number of aliphatic hydroxyl groups is 1. The summed E-state index contributed by atoms with van der Waals surface area (Å²) in [7, 11) is 1.61. The number of methoxy groups -OCH3 is 1. The first-order chi connectivity index (χ1) is 9.61. The van der Waals surface area contributed by atoms with E-state index in [4.69, 9.17) is 15.2 Å². The van der Waals surface area contributed by atoms with Gasteiger partial charge in [0.15, 0.2) is 17.7 Å². The van der Waals surface area contributed by atoms with Crippen LogP contribution in [-0.4, -0.2) is 48.6 Å². The second-order valence-electron chi connectivity index (χ2n) is 5.27. The van der Waals surface area contributed by atoms with Gasteiger partial charge < -0.3 is 20.3 Å². The van der Waals surface area contributed by atoms with Gasteiger partial charge in [-0.1, -0.05) is 12.1 Å². The molecular weight excluding hydrogens is 256 g/mol. The third-order valence-electron chi connectivity index (χ3n) is 3.66. The first-order valence-electron chi connectivity index (χ1n) is 7.09. The topological polar surface area (TPSA) is 68.0 Å². The predicted octanol–water partition coefficient (Wildman–Crippen LogP) is 1.20. The van der Waals surface area contributed by atoms with Crippen LogP contribution in [0.25, 0.3) is 0 Å². The van der Waals surface area contributed by atoms with E-state index >= 15 is 0 Å². The summed E-state index contributed by atoms with van der Waals surface area (Å²) in [6.45, 7) is 3.42. The summed E-state index contributed by atoms with van der Waals surface area (Å²) in [6, 6.07) is 7.74. The summed E-state index contributed by atoms with van der Waals surface area (Å²) in [5, 5.41) is 10.0. The van der Waals surface area contributed by atoms with Gasteiger partial charge >= 0.3 is 0 Å². The van der Waals surface area contributed by atoms with E-state index in [9.17, 15) is 5.11 Å². The summed E-state index contributed by atoms with van der Waals surface area (Å²) >= 11 is 0. The van der Waals surface area contributed by atoms with E-state index in [1.807, 2.05) is 24.3 Å². The van der Waals surface area contributed by atoms with E-state index in [0.717, 1.165) is 25.9 Å². The van der Waals surface area contributed by atoms with E-state index in [1.165, 1.54) is 0 Å². The van der Waals surface area contributed by atoms with Crippen LogP contribution in [0.1, 0.15) is 19.8 Å². The average Bonchev–Trinajstić information content (AvgIpc) is 2.46. The van der Waals surface area contributed by atoms with Crippen LogP contribution >= 0.6 is 0 Å². The van der Waals surface area contributed by atoms with Gasteiger partial charge in [0.05, 0.1) is 7.11 Å². The van der Waals surface area contributed by atoms with Crippen molar-refractivity contribution < 1.29 is 14.6 Å². The van der Waals surface area contributed by atoms with Crippen molar-refractivity contribution >= 4 is 0 Å². The van der Waals surface area contributed by atoms with Gasteiger partial charge in [0, 0.05) is 19.1 Å². The molecule has 1 aromatic carbocycles. The SMILES string of the molecule is COc1ccccc1OC(C(C)O)N1CCC(N)CC1. The Morgan fingerprint density at radius 2 is 1.85 bits per heavy atom. The average molecular weight is 280 g/mol. The molecule has 112 valence electrons. The number of aliphatic hydroxyl groups excluding tert-OH is 1. The number of para-hydroxylation sites is 2. The standard InChI is InChI=1S/C15H24N2O3/c1-11(18)15(17-9-7-12(16)8-10-17)20-14-6-4-3-5-13(14)19-2/h3-6,11-12,15,18H,7-10,16H2,1-2H3. The van der Waals surface area contributed by atoms with E-state index in [1.54, 1.807) is 14.0 Å². The molecule has 1 aromatic rings. The second-order valence-corrected chi connectivity index (χ2v) is 5.27. The van der Waals surface area contributed by atoms with Gasteiger partial charge in [0.25, 0.3) is 0 Å². The molecule has 2 rings (SSSR count). The highest BCUT2D eigenvalue weighted by molar-refractivity contribution is 5.39. The lowest BCUT2D eigenvalue weighted by molar-refractivity contribution is -0.0676. The fraction of sp³-hybridized carbons (Fsp3) is 0.600. The Morgan fingerprint density at radius 3 is 2.40 bits per heavy atom. The zero-order valence-electron chi connectivity index (χ0n) is 12.2. The van der Waals surface area contributed by atoms with E-state index in [-0.39, 0.29) is 12.3 Å². The van der Waals surface area contributed by atoms with Crippen molar-refractivity contribution in [3.63, 3.8) is 0 Å². The van der Waals surface area contributed by atoms with Crippen molar-refractivity contribution in [1.82, 2.24) is 4.90 Å². The van der Waals surface area contributed by atoms with Crippen LogP contribution < -0.4 is 15.2 Å². The van der Waals surface area contributed by atoms with Crippen LogP contribution in [0, 0.1) is 0 Å². The van der Waals surface area contributed by atoms with Gasteiger partial charge in [-0.3, -0.25) is 4.90 Å². The van der Waals surface area contributed by atoms with E-state index in [2.05, 4.69) is 4.90 Å². The van der Waals surface area contributed by atoms with Crippen molar-refractivity contribution in [3.05, 3.63) is 24.3 Å². The summed E-state index contributed by atoms with van der Waals surface area (Å²) in [5.74, 6) is 1.32. The Balaban J connectivity index is 2.09. The monoisotopic (exact) mass is 280 g/mol. The van der Waals surface area contributed by atoms with Crippen molar-refractivity contribution in [2.75, 3.05) is 20.2 Å². The molecule has 0 aromatic heterocycles. The Kier molecular flexibility index (Phi) is 5.23. The van der Waals surface area contributed by atoms with Crippen LogP contribution in [0.2, 0.25) is 0 Å². The van der Waals surface area contributed by atoms with Crippen molar-refractivity contribution in [2.45, 2.75) is 38.1 Å².